The van der Waals surface area contributed by atoms with Gasteiger partial charge in [0, 0.05) is 45.9 Å². The second-order valence-electron chi connectivity index (χ2n) is 6.95. The number of hydrogen-bond donors (Lipinski definition) is 0. The number of thioether (sulfide) groups is 4. The van der Waals surface area contributed by atoms with Crippen LogP contribution in [0.1, 0.15) is 26.3 Å². The van der Waals surface area contributed by atoms with E-state index in [9.17, 15) is 29.8 Å². The largest absolute Gasteiger partial charge is 0.457 e. The lowest BCUT2D eigenvalue weighted by atomic mass is 9.98. The van der Waals surface area contributed by atoms with Crippen LogP contribution in [0.5, 0.6) is 0 Å². The van der Waals surface area contributed by atoms with Crippen LogP contribution in [0, 0.1) is 20.2 Å². The monoisotopic (exact) mass is 530 g/mol. The van der Waals surface area contributed by atoms with Crippen LogP contribution in [0.2, 0.25) is 0 Å². The standard InChI is InChI=1S/C21H10N2O7S4/c24-18-14-5-10(22(26)27)1-2-13(14)17-15(18)6-11(23(28)29)7-16(17)19(25)30-8-12-9-33-21(34-12)20-31-3-4-32-20/h1-7,9H,8H2. The van der Waals surface area contributed by atoms with Gasteiger partial charge in [0.15, 0.2) is 5.78 Å². The van der Waals surface area contributed by atoms with Crippen LogP contribution in [0.15, 0.2) is 59.9 Å². The molecule has 0 amide bonds. The highest BCUT2D eigenvalue weighted by Gasteiger charge is 2.35. The van der Waals surface area contributed by atoms with Gasteiger partial charge in [-0.05, 0) is 27.9 Å². The molecule has 9 nitrogen and oxygen atoms in total. The fourth-order valence-electron chi connectivity index (χ4n) is 3.52. The summed E-state index contributed by atoms with van der Waals surface area (Å²) >= 11 is 6.26. The van der Waals surface area contributed by atoms with Crippen LogP contribution in [0.4, 0.5) is 11.4 Å². The maximum atomic E-state index is 13.0. The van der Waals surface area contributed by atoms with Crippen LogP contribution in [0.25, 0.3) is 11.1 Å². The van der Waals surface area contributed by atoms with Gasteiger partial charge in [-0.15, -0.1) is 0 Å². The van der Waals surface area contributed by atoms with E-state index < -0.39 is 27.3 Å². The Morgan fingerprint density at radius 1 is 0.882 bits per heavy atom. The number of ether oxygens (including phenoxy) is 1. The van der Waals surface area contributed by atoms with Crippen molar-refractivity contribution < 1.29 is 24.2 Å². The van der Waals surface area contributed by atoms with Crippen LogP contribution >= 0.6 is 47.0 Å². The van der Waals surface area contributed by atoms with E-state index in [4.69, 9.17) is 4.74 Å². The Kier molecular flexibility index (Phi) is 6.02. The van der Waals surface area contributed by atoms with E-state index in [1.54, 1.807) is 23.5 Å². The molecule has 2 aromatic rings. The molecule has 5 rings (SSSR count). The summed E-state index contributed by atoms with van der Waals surface area (Å²) in [5.41, 5.74) is -0.433. The fourth-order valence-corrected chi connectivity index (χ4v) is 7.91. The zero-order chi connectivity index (χ0) is 24.0. The summed E-state index contributed by atoms with van der Waals surface area (Å²) in [6, 6.07) is 5.85. The molecule has 0 saturated carbocycles. The minimum Gasteiger partial charge on any atom is -0.457 e. The number of carbonyl (C=O) groups excluding carboxylic acids is 2. The minimum atomic E-state index is -0.821. The molecule has 0 atom stereocenters. The van der Waals surface area contributed by atoms with Crippen molar-refractivity contribution in [1.82, 2.24) is 0 Å². The molecule has 2 heterocycles. The summed E-state index contributed by atoms with van der Waals surface area (Å²) in [6.07, 6.45) is 0. The van der Waals surface area contributed by atoms with Crippen molar-refractivity contribution in [2.75, 3.05) is 6.61 Å². The lowest BCUT2D eigenvalue weighted by molar-refractivity contribution is -0.385. The lowest BCUT2D eigenvalue weighted by Gasteiger charge is -2.10. The number of fused-ring (bicyclic) bond motifs is 3. The molecule has 0 unspecified atom stereocenters. The van der Waals surface area contributed by atoms with E-state index in [0.717, 1.165) is 31.6 Å². The SMILES string of the molecule is O=C(OCC1=CSC(=C2SC=CS2)S1)c1cc([N+](=O)[O-])cc2c1-c1ccc([N+](=O)[O-])cc1C2=O. The quantitative estimate of drug-likeness (QED) is 0.210. The van der Waals surface area contributed by atoms with Crippen LogP contribution in [-0.4, -0.2) is 28.2 Å². The smallest absolute Gasteiger partial charge is 0.339 e. The summed E-state index contributed by atoms with van der Waals surface area (Å²) in [4.78, 5) is 48.0. The van der Waals surface area contributed by atoms with E-state index >= 15 is 0 Å². The van der Waals surface area contributed by atoms with Gasteiger partial charge in [-0.1, -0.05) is 47.0 Å². The predicted molar refractivity (Wildman–Crippen MR) is 134 cm³/mol. The first-order valence-corrected chi connectivity index (χ1v) is 12.9. The van der Waals surface area contributed by atoms with E-state index in [1.807, 2.05) is 16.2 Å². The predicted octanol–water partition coefficient (Wildman–Crippen LogP) is 6.27. The summed E-state index contributed by atoms with van der Waals surface area (Å²) in [7, 11) is 0. The van der Waals surface area contributed by atoms with E-state index in [2.05, 4.69) is 0 Å². The Hall–Kier alpha value is -3.00. The number of hydrogen-bond acceptors (Lipinski definition) is 11. The van der Waals surface area contributed by atoms with Crippen molar-refractivity contribution in [3.63, 3.8) is 0 Å². The van der Waals surface area contributed by atoms with Crippen molar-refractivity contribution in [3.05, 3.63) is 96.9 Å². The summed E-state index contributed by atoms with van der Waals surface area (Å²) < 4.78 is 7.69. The highest BCUT2D eigenvalue weighted by atomic mass is 32.2. The Morgan fingerprint density at radius 3 is 2.29 bits per heavy atom. The molecule has 34 heavy (non-hydrogen) atoms. The van der Waals surface area contributed by atoms with Gasteiger partial charge in [0.05, 0.1) is 23.9 Å². The van der Waals surface area contributed by atoms with Gasteiger partial charge < -0.3 is 4.74 Å². The molecule has 0 fully saturated rings. The molecule has 1 aliphatic carbocycles. The molecule has 0 aromatic heterocycles. The molecule has 0 radical (unpaired) electrons. The highest BCUT2D eigenvalue weighted by Crippen LogP contribution is 2.53. The number of non-ortho nitro benzene ring substituents is 2. The average molecular weight is 531 g/mol. The third-order valence-corrected chi connectivity index (χ3v) is 10.0. The second kappa shape index (κ2) is 8.98. The van der Waals surface area contributed by atoms with Crippen molar-refractivity contribution >= 4 is 70.2 Å². The van der Waals surface area contributed by atoms with Gasteiger partial charge in [-0.2, -0.15) is 0 Å². The average Bonchev–Trinajstić information content (AvgIpc) is 3.57. The molecule has 0 spiro atoms. The van der Waals surface area contributed by atoms with Gasteiger partial charge in [0.25, 0.3) is 11.4 Å². The maximum absolute atomic E-state index is 13.0. The number of esters is 1. The van der Waals surface area contributed by atoms with Crippen molar-refractivity contribution in [1.29, 1.82) is 0 Å². The van der Waals surface area contributed by atoms with Crippen molar-refractivity contribution in [3.8, 4) is 11.1 Å². The number of nitro groups is 2. The van der Waals surface area contributed by atoms with Gasteiger partial charge in [-0.3, -0.25) is 25.0 Å². The Labute approximate surface area is 208 Å². The molecule has 3 aliphatic rings. The number of rotatable bonds is 5. The lowest BCUT2D eigenvalue weighted by Crippen LogP contribution is -2.10. The van der Waals surface area contributed by atoms with E-state index in [1.165, 1.54) is 35.7 Å². The second-order valence-corrected chi connectivity index (χ2v) is 11.3. The number of nitro benzene ring substituents is 2. The minimum absolute atomic E-state index is 0.0145. The fraction of sp³-hybridized carbons (Fsp3) is 0.0476. The molecular formula is C21H10N2O7S4. The number of carbonyl (C=O) groups is 2. The molecule has 13 heteroatoms. The van der Waals surface area contributed by atoms with E-state index in [0.29, 0.717) is 5.56 Å². The molecule has 0 N–H and O–H groups in total. The normalized spacial score (nSPS) is 15.9. The number of nitrogens with zero attached hydrogens (tertiary/aromatic N) is 2. The first-order chi connectivity index (χ1) is 16.3. The molecule has 2 aromatic carbocycles. The topological polar surface area (TPSA) is 130 Å². The van der Waals surface area contributed by atoms with Crippen molar-refractivity contribution in [2.24, 2.45) is 0 Å². The van der Waals surface area contributed by atoms with E-state index in [-0.39, 0.29) is 34.5 Å². The molecular weight excluding hydrogens is 521 g/mol. The summed E-state index contributed by atoms with van der Waals surface area (Å²) in [5.74, 6) is -1.44. The van der Waals surface area contributed by atoms with Gasteiger partial charge >= 0.3 is 5.97 Å². The molecule has 2 aliphatic heterocycles. The van der Waals surface area contributed by atoms with Crippen LogP contribution < -0.4 is 0 Å². The van der Waals surface area contributed by atoms with Crippen molar-refractivity contribution in [2.45, 2.75) is 0 Å². The van der Waals surface area contributed by atoms with Crippen LogP contribution in [0.3, 0.4) is 0 Å². The third-order valence-electron chi connectivity index (χ3n) is 4.97. The molecule has 0 bridgehead atoms. The summed E-state index contributed by atoms with van der Waals surface area (Å²) in [5, 5.41) is 28.4. The Balaban J connectivity index is 1.45. The van der Waals surface area contributed by atoms with Crippen LogP contribution in [-0.2, 0) is 4.74 Å². The van der Waals surface area contributed by atoms with Gasteiger partial charge in [0.2, 0.25) is 0 Å². The zero-order valence-electron chi connectivity index (χ0n) is 16.7. The molecule has 0 saturated heterocycles. The van der Waals surface area contributed by atoms with Gasteiger partial charge in [-0.25, -0.2) is 4.79 Å². The van der Waals surface area contributed by atoms with Gasteiger partial charge in [0.1, 0.15) is 6.61 Å². The Morgan fingerprint density at radius 2 is 1.59 bits per heavy atom. The maximum Gasteiger partial charge on any atom is 0.339 e. The number of ketones is 1. The first kappa shape index (κ1) is 22.8. The molecule has 170 valence electrons. The zero-order valence-corrected chi connectivity index (χ0v) is 20.0. The Bertz CT molecular complexity index is 1400. The summed E-state index contributed by atoms with van der Waals surface area (Å²) in [6.45, 7) is -0.0332. The third kappa shape index (κ3) is 4.04. The highest BCUT2D eigenvalue weighted by molar-refractivity contribution is 8.33. The number of benzene rings is 2. The first-order valence-electron chi connectivity index (χ1n) is 9.42.